The molecule has 3 heterocycles. The molecule has 1 fully saturated rings. The van der Waals surface area contributed by atoms with E-state index in [0.717, 1.165) is 48.3 Å². The van der Waals surface area contributed by atoms with E-state index in [9.17, 15) is 0 Å². The summed E-state index contributed by atoms with van der Waals surface area (Å²) < 4.78 is 0. The molecule has 3 aromatic rings. The van der Waals surface area contributed by atoms with Crippen molar-refractivity contribution in [2.75, 3.05) is 41.3 Å². The SMILES string of the molecule is Clc1cccc(N2CCN(c3cnnc(NCc4ccncc4)n3)CC2)c1. The van der Waals surface area contributed by atoms with E-state index in [-0.39, 0.29) is 0 Å². The second kappa shape index (κ2) is 8.18. The van der Waals surface area contributed by atoms with Crippen LogP contribution in [0.15, 0.2) is 55.0 Å². The van der Waals surface area contributed by atoms with E-state index >= 15 is 0 Å². The fourth-order valence-corrected chi connectivity index (χ4v) is 3.26. The van der Waals surface area contributed by atoms with Crippen LogP contribution in [-0.4, -0.2) is 46.3 Å². The number of benzene rings is 1. The van der Waals surface area contributed by atoms with Crippen LogP contribution in [0.25, 0.3) is 0 Å². The topological polar surface area (TPSA) is 70.1 Å². The van der Waals surface area contributed by atoms with Gasteiger partial charge < -0.3 is 15.1 Å². The number of hydrogen-bond acceptors (Lipinski definition) is 7. The number of halogens is 1. The van der Waals surface area contributed by atoms with Gasteiger partial charge in [0, 0.05) is 55.8 Å². The minimum Gasteiger partial charge on any atom is -0.368 e. The number of nitrogens with one attached hydrogen (secondary N) is 1. The molecular weight excluding hydrogens is 362 g/mol. The quantitative estimate of drug-likeness (QED) is 0.728. The van der Waals surface area contributed by atoms with Gasteiger partial charge in [0.2, 0.25) is 5.95 Å². The highest BCUT2D eigenvalue weighted by Crippen LogP contribution is 2.22. The Kier molecular flexibility index (Phi) is 5.29. The maximum absolute atomic E-state index is 6.11. The summed E-state index contributed by atoms with van der Waals surface area (Å²) in [5.74, 6) is 1.37. The zero-order valence-electron chi connectivity index (χ0n) is 14.8. The molecule has 1 N–H and O–H groups in total. The lowest BCUT2D eigenvalue weighted by molar-refractivity contribution is 0.644. The van der Waals surface area contributed by atoms with Gasteiger partial charge in [-0.25, -0.2) is 0 Å². The normalized spacial score (nSPS) is 14.3. The lowest BCUT2D eigenvalue weighted by Gasteiger charge is -2.36. The fraction of sp³-hybridized carbons (Fsp3) is 0.263. The molecule has 1 aromatic carbocycles. The maximum atomic E-state index is 6.11. The van der Waals surface area contributed by atoms with E-state index in [0.29, 0.717) is 12.5 Å². The Morgan fingerprint density at radius 3 is 2.56 bits per heavy atom. The Labute approximate surface area is 163 Å². The molecule has 8 heteroatoms. The van der Waals surface area contributed by atoms with Crippen LogP contribution in [0.4, 0.5) is 17.5 Å². The Morgan fingerprint density at radius 2 is 1.78 bits per heavy atom. The molecule has 0 amide bonds. The van der Waals surface area contributed by atoms with E-state index in [1.54, 1.807) is 18.6 Å². The lowest BCUT2D eigenvalue weighted by Crippen LogP contribution is -2.47. The number of hydrogen-bond donors (Lipinski definition) is 1. The van der Waals surface area contributed by atoms with Crippen molar-refractivity contribution in [3.8, 4) is 0 Å². The first-order valence-electron chi connectivity index (χ1n) is 8.86. The van der Waals surface area contributed by atoms with E-state index in [2.05, 4.69) is 41.3 Å². The van der Waals surface area contributed by atoms with Crippen LogP contribution in [0, 0.1) is 0 Å². The summed E-state index contributed by atoms with van der Waals surface area (Å²) in [6, 6.07) is 11.9. The molecule has 2 aromatic heterocycles. The predicted molar refractivity (Wildman–Crippen MR) is 107 cm³/mol. The number of nitrogens with zero attached hydrogens (tertiary/aromatic N) is 6. The number of pyridine rings is 1. The monoisotopic (exact) mass is 381 g/mol. The standard InChI is InChI=1S/C19H20ClN7/c20-16-2-1-3-17(12-16)26-8-10-27(11-9-26)18-14-23-25-19(24-18)22-13-15-4-6-21-7-5-15/h1-7,12,14H,8-11,13H2,(H,22,24,25). The second-order valence-electron chi connectivity index (χ2n) is 6.30. The van der Waals surface area contributed by atoms with Crippen LogP contribution >= 0.6 is 11.6 Å². The summed E-state index contributed by atoms with van der Waals surface area (Å²) in [6.07, 6.45) is 5.25. The molecular formula is C19H20ClN7. The first-order chi connectivity index (χ1) is 13.3. The van der Waals surface area contributed by atoms with Crippen LogP contribution in [0.3, 0.4) is 0 Å². The number of anilines is 3. The largest absolute Gasteiger partial charge is 0.368 e. The third-order valence-electron chi connectivity index (χ3n) is 4.52. The van der Waals surface area contributed by atoms with Gasteiger partial charge in [-0.2, -0.15) is 10.1 Å². The average molecular weight is 382 g/mol. The van der Waals surface area contributed by atoms with Crippen molar-refractivity contribution >= 4 is 29.1 Å². The van der Waals surface area contributed by atoms with E-state index in [4.69, 9.17) is 11.6 Å². The maximum Gasteiger partial charge on any atom is 0.244 e. The van der Waals surface area contributed by atoms with Gasteiger partial charge in [-0.15, -0.1) is 5.10 Å². The molecule has 0 atom stereocenters. The Hall–Kier alpha value is -2.93. The van der Waals surface area contributed by atoms with Gasteiger partial charge in [0.05, 0.1) is 6.20 Å². The van der Waals surface area contributed by atoms with Gasteiger partial charge in [0.25, 0.3) is 0 Å². The molecule has 7 nitrogen and oxygen atoms in total. The average Bonchev–Trinajstić information content (AvgIpc) is 2.73. The van der Waals surface area contributed by atoms with Gasteiger partial charge >= 0.3 is 0 Å². The highest BCUT2D eigenvalue weighted by molar-refractivity contribution is 6.30. The molecule has 0 bridgehead atoms. The van der Waals surface area contributed by atoms with Crippen molar-refractivity contribution in [1.82, 2.24) is 20.2 Å². The first kappa shape index (κ1) is 17.5. The van der Waals surface area contributed by atoms with Gasteiger partial charge in [-0.1, -0.05) is 17.7 Å². The van der Waals surface area contributed by atoms with Crippen molar-refractivity contribution in [2.24, 2.45) is 0 Å². The van der Waals surface area contributed by atoms with Crippen LogP contribution in [0.1, 0.15) is 5.56 Å². The zero-order chi connectivity index (χ0) is 18.5. The molecule has 0 unspecified atom stereocenters. The van der Waals surface area contributed by atoms with E-state index in [1.165, 1.54) is 0 Å². The highest BCUT2D eigenvalue weighted by Gasteiger charge is 2.19. The molecule has 1 saturated heterocycles. The van der Waals surface area contributed by atoms with E-state index < -0.39 is 0 Å². The summed E-state index contributed by atoms with van der Waals surface area (Å²) in [5, 5.41) is 12.2. The van der Waals surface area contributed by atoms with Crippen molar-refractivity contribution < 1.29 is 0 Å². The Balaban J connectivity index is 1.37. The fourth-order valence-electron chi connectivity index (χ4n) is 3.07. The molecule has 0 spiro atoms. The van der Waals surface area contributed by atoms with Gasteiger partial charge in [-0.05, 0) is 35.9 Å². The summed E-state index contributed by atoms with van der Waals surface area (Å²) in [6.45, 7) is 4.19. The number of rotatable bonds is 5. The predicted octanol–water partition coefficient (Wildman–Crippen LogP) is 2.86. The summed E-state index contributed by atoms with van der Waals surface area (Å²) in [5.41, 5.74) is 2.27. The summed E-state index contributed by atoms with van der Waals surface area (Å²) >= 11 is 6.11. The molecule has 0 radical (unpaired) electrons. The third-order valence-corrected chi connectivity index (χ3v) is 4.76. The highest BCUT2D eigenvalue weighted by atomic mass is 35.5. The molecule has 27 heavy (non-hydrogen) atoms. The zero-order valence-corrected chi connectivity index (χ0v) is 15.5. The van der Waals surface area contributed by atoms with Gasteiger partial charge in [0.15, 0.2) is 5.82 Å². The van der Waals surface area contributed by atoms with Gasteiger partial charge in [-0.3, -0.25) is 4.98 Å². The number of piperazine rings is 1. The molecule has 0 saturated carbocycles. The first-order valence-corrected chi connectivity index (χ1v) is 9.24. The van der Waals surface area contributed by atoms with Crippen molar-refractivity contribution in [3.05, 3.63) is 65.6 Å². The molecule has 1 aliphatic heterocycles. The van der Waals surface area contributed by atoms with Crippen LogP contribution in [-0.2, 0) is 6.54 Å². The van der Waals surface area contributed by atoms with Crippen LogP contribution < -0.4 is 15.1 Å². The van der Waals surface area contributed by atoms with E-state index in [1.807, 2.05) is 30.3 Å². The van der Waals surface area contributed by atoms with Crippen LogP contribution in [0.5, 0.6) is 0 Å². The summed E-state index contributed by atoms with van der Waals surface area (Å²) in [7, 11) is 0. The third kappa shape index (κ3) is 4.43. The smallest absolute Gasteiger partial charge is 0.244 e. The van der Waals surface area contributed by atoms with Crippen molar-refractivity contribution in [2.45, 2.75) is 6.54 Å². The van der Waals surface area contributed by atoms with Crippen molar-refractivity contribution in [3.63, 3.8) is 0 Å². The molecule has 4 rings (SSSR count). The lowest BCUT2D eigenvalue weighted by atomic mass is 10.2. The Morgan fingerprint density at radius 1 is 1.00 bits per heavy atom. The Bertz CT molecular complexity index is 882. The minimum atomic E-state index is 0.529. The number of aromatic nitrogens is 4. The molecule has 138 valence electrons. The summed E-state index contributed by atoms with van der Waals surface area (Å²) in [4.78, 5) is 13.2. The second-order valence-corrected chi connectivity index (χ2v) is 6.74. The molecule has 0 aliphatic carbocycles. The van der Waals surface area contributed by atoms with Gasteiger partial charge in [0.1, 0.15) is 0 Å². The minimum absolute atomic E-state index is 0.529. The van der Waals surface area contributed by atoms with Crippen molar-refractivity contribution in [1.29, 1.82) is 0 Å². The molecule has 1 aliphatic rings. The van der Waals surface area contributed by atoms with Crippen LogP contribution in [0.2, 0.25) is 5.02 Å².